The van der Waals surface area contributed by atoms with E-state index in [1.165, 1.54) is 6.20 Å². The Labute approximate surface area is 87.4 Å². The third-order valence-electron chi connectivity index (χ3n) is 2.13. The molecule has 3 heteroatoms. The maximum absolute atomic E-state index is 11.4. The number of benzene rings is 1. The average molecular weight is 196 g/mol. The van der Waals surface area contributed by atoms with Gasteiger partial charge < -0.3 is 5.21 Å². The molecule has 0 fully saturated rings. The summed E-state index contributed by atoms with van der Waals surface area (Å²) in [5.74, 6) is 0. The Morgan fingerprint density at radius 2 is 1.80 bits per heavy atom. The van der Waals surface area contributed by atoms with E-state index in [2.05, 4.69) is 0 Å². The van der Waals surface area contributed by atoms with Crippen LogP contribution in [0.1, 0.15) is 5.56 Å². The number of hydrogen-bond acceptors (Lipinski definition) is 2. The highest BCUT2D eigenvalue weighted by molar-refractivity contribution is 5.57. The first-order valence-corrected chi connectivity index (χ1v) is 4.50. The molecule has 0 bridgehead atoms. The van der Waals surface area contributed by atoms with Crippen molar-refractivity contribution in [1.82, 2.24) is 0 Å². The molecule has 0 amide bonds. The first kappa shape index (κ1) is 9.22. The second-order valence-corrected chi connectivity index (χ2v) is 3.10. The number of rotatable bonds is 1. The molecule has 1 aromatic carbocycles. The number of nitrogens with zero attached hydrogens (tertiary/aromatic N) is 2. The lowest BCUT2D eigenvalue weighted by molar-refractivity contribution is -0.593. The minimum Gasteiger partial charge on any atom is -0.618 e. The summed E-state index contributed by atoms with van der Waals surface area (Å²) < 4.78 is 0.807. The van der Waals surface area contributed by atoms with Crippen LogP contribution in [0.4, 0.5) is 0 Å². The molecule has 1 aromatic heterocycles. The zero-order valence-corrected chi connectivity index (χ0v) is 7.92. The highest BCUT2D eigenvalue weighted by atomic mass is 16.5. The summed E-state index contributed by atoms with van der Waals surface area (Å²) in [5, 5.41) is 20.1. The van der Waals surface area contributed by atoms with Crippen LogP contribution in [0.15, 0.2) is 48.7 Å². The molecule has 0 unspecified atom stereocenters. The highest BCUT2D eigenvalue weighted by Gasteiger charge is 2.06. The Bertz CT molecular complexity index is 512. The smallest absolute Gasteiger partial charge is 0.223 e. The van der Waals surface area contributed by atoms with E-state index in [1.807, 2.05) is 12.1 Å². The average Bonchev–Trinajstić information content (AvgIpc) is 2.30. The fraction of sp³-hybridized carbons (Fsp3) is 0. The molecular weight excluding hydrogens is 188 g/mol. The largest absolute Gasteiger partial charge is 0.618 e. The maximum Gasteiger partial charge on any atom is 0.223 e. The third kappa shape index (κ3) is 1.79. The van der Waals surface area contributed by atoms with Crippen molar-refractivity contribution in [3.05, 3.63) is 59.4 Å². The zero-order chi connectivity index (χ0) is 10.7. The summed E-state index contributed by atoms with van der Waals surface area (Å²) >= 11 is 0. The summed E-state index contributed by atoms with van der Waals surface area (Å²) in [6, 6.07) is 14.2. The SMILES string of the molecule is N#Cc1ccc(-c2cccc[n+]2[O-])cc1. The lowest BCUT2D eigenvalue weighted by Gasteiger charge is -2.03. The minimum atomic E-state index is 0.585. The first-order chi connectivity index (χ1) is 7.31. The molecule has 0 N–H and O–H groups in total. The van der Waals surface area contributed by atoms with E-state index in [0.29, 0.717) is 11.3 Å². The van der Waals surface area contributed by atoms with E-state index in [-0.39, 0.29) is 0 Å². The van der Waals surface area contributed by atoms with Gasteiger partial charge in [-0.2, -0.15) is 9.99 Å². The van der Waals surface area contributed by atoms with Crippen LogP contribution in [0.5, 0.6) is 0 Å². The van der Waals surface area contributed by atoms with Crippen molar-refractivity contribution >= 4 is 0 Å². The van der Waals surface area contributed by atoms with Crippen LogP contribution in [0.25, 0.3) is 11.3 Å². The van der Waals surface area contributed by atoms with Gasteiger partial charge in [-0.15, -0.1) is 0 Å². The van der Waals surface area contributed by atoms with Gasteiger partial charge in [0.15, 0.2) is 6.20 Å². The molecule has 2 aromatic rings. The van der Waals surface area contributed by atoms with Gasteiger partial charge in [0.05, 0.1) is 11.6 Å². The van der Waals surface area contributed by atoms with Crippen molar-refractivity contribution in [1.29, 1.82) is 5.26 Å². The molecule has 0 radical (unpaired) electrons. The minimum absolute atomic E-state index is 0.585. The van der Waals surface area contributed by atoms with Crippen LogP contribution in [0, 0.1) is 16.5 Å². The fourth-order valence-corrected chi connectivity index (χ4v) is 1.37. The second kappa shape index (κ2) is 3.81. The van der Waals surface area contributed by atoms with Gasteiger partial charge >= 0.3 is 0 Å². The molecule has 0 atom stereocenters. The van der Waals surface area contributed by atoms with Crippen molar-refractivity contribution in [3.63, 3.8) is 0 Å². The molecule has 2 rings (SSSR count). The van der Waals surface area contributed by atoms with E-state index >= 15 is 0 Å². The quantitative estimate of drug-likeness (QED) is 0.516. The van der Waals surface area contributed by atoms with Crippen LogP contribution in [0.3, 0.4) is 0 Å². The van der Waals surface area contributed by atoms with Gasteiger partial charge in [-0.3, -0.25) is 0 Å². The normalized spacial score (nSPS) is 9.53. The van der Waals surface area contributed by atoms with Crippen molar-refractivity contribution in [2.45, 2.75) is 0 Å². The Morgan fingerprint density at radius 3 is 2.40 bits per heavy atom. The van der Waals surface area contributed by atoms with Gasteiger partial charge in [0.25, 0.3) is 0 Å². The van der Waals surface area contributed by atoms with E-state index in [1.54, 1.807) is 36.4 Å². The van der Waals surface area contributed by atoms with Crippen molar-refractivity contribution in [2.75, 3.05) is 0 Å². The Morgan fingerprint density at radius 1 is 1.07 bits per heavy atom. The number of pyridine rings is 1. The van der Waals surface area contributed by atoms with Crippen molar-refractivity contribution in [3.8, 4) is 17.3 Å². The summed E-state index contributed by atoms with van der Waals surface area (Å²) in [4.78, 5) is 0. The van der Waals surface area contributed by atoms with Gasteiger partial charge in [0.2, 0.25) is 5.69 Å². The van der Waals surface area contributed by atoms with E-state index < -0.39 is 0 Å². The van der Waals surface area contributed by atoms with Gasteiger partial charge in [-0.25, -0.2) is 0 Å². The van der Waals surface area contributed by atoms with Crippen LogP contribution < -0.4 is 4.73 Å². The van der Waals surface area contributed by atoms with E-state index in [9.17, 15) is 5.21 Å². The monoisotopic (exact) mass is 196 g/mol. The van der Waals surface area contributed by atoms with Crippen LogP contribution in [-0.4, -0.2) is 0 Å². The Balaban J connectivity index is 2.47. The molecule has 72 valence electrons. The van der Waals surface area contributed by atoms with Gasteiger partial charge in [-0.05, 0) is 30.3 Å². The number of nitriles is 1. The predicted octanol–water partition coefficient (Wildman–Crippen LogP) is 1.86. The number of aromatic nitrogens is 1. The number of hydrogen-bond donors (Lipinski definition) is 0. The lowest BCUT2D eigenvalue weighted by atomic mass is 10.1. The molecule has 15 heavy (non-hydrogen) atoms. The summed E-state index contributed by atoms with van der Waals surface area (Å²) in [7, 11) is 0. The molecular formula is C12H8N2O. The van der Waals surface area contributed by atoms with Crippen LogP contribution in [-0.2, 0) is 0 Å². The predicted molar refractivity (Wildman–Crippen MR) is 55.6 cm³/mol. The van der Waals surface area contributed by atoms with Crippen molar-refractivity contribution < 1.29 is 4.73 Å². The van der Waals surface area contributed by atoms with Gasteiger partial charge in [-0.1, -0.05) is 0 Å². The molecule has 0 aliphatic carbocycles. The zero-order valence-electron chi connectivity index (χ0n) is 7.92. The van der Waals surface area contributed by atoms with Crippen LogP contribution >= 0.6 is 0 Å². The summed E-state index contributed by atoms with van der Waals surface area (Å²) in [6.07, 6.45) is 1.45. The maximum atomic E-state index is 11.4. The topological polar surface area (TPSA) is 50.7 Å². The Kier molecular flexibility index (Phi) is 2.34. The van der Waals surface area contributed by atoms with Gasteiger partial charge in [0.1, 0.15) is 0 Å². The van der Waals surface area contributed by atoms with Gasteiger partial charge in [0, 0.05) is 17.7 Å². The third-order valence-corrected chi connectivity index (χ3v) is 2.13. The standard InChI is InChI=1S/C12H8N2O/c13-9-10-4-6-11(7-5-10)12-3-1-2-8-14(12)15/h1-8H. The molecule has 0 aliphatic heterocycles. The molecule has 0 saturated carbocycles. The molecule has 0 saturated heterocycles. The summed E-state index contributed by atoms with van der Waals surface area (Å²) in [5.41, 5.74) is 1.98. The highest BCUT2D eigenvalue weighted by Crippen LogP contribution is 2.15. The molecule has 1 heterocycles. The molecule has 3 nitrogen and oxygen atoms in total. The van der Waals surface area contributed by atoms with Crippen LogP contribution in [0.2, 0.25) is 0 Å². The summed E-state index contributed by atoms with van der Waals surface area (Å²) in [6.45, 7) is 0. The van der Waals surface area contributed by atoms with E-state index in [0.717, 1.165) is 10.3 Å². The lowest BCUT2D eigenvalue weighted by Crippen LogP contribution is -2.27. The molecule has 0 aliphatic rings. The van der Waals surface area contributed by atoms with Crippen molar-refractivity contribution in [2.24, 2.45) is 0 Å². The first-order valence-electron chi connectivity index (χ1n) is 4.50. The fourth-order valence-electron chi connectivity index (χ4n) is 1.37. The molecule has 0 spiro atoms. The second-order valence-electron chi connectivity index (χ2n) is 3.10. The Hall–Kier alpha value is -2.34. The van der Waals surface area contributed by atoms with E-state index in [4.69, 9.17) is 5.26 Å².